The lowest BCUT2D eigenvalue weighted by Gasteiger charge is -2.07. The number of nitrogens with two attached hydrogens (primary N) is 1. The first kappa shape index (κ1) is 16.0. The first-order valence-corrected chi connectivity index (χ1v) is 8.45. The highest BCUT2D eigenvalue weighted by Crippen LogP contribution is 2.24. The number of nitrogen functional groups attached to an aromatic ring is 1. The molecule has 0 aliphatic carbocycles. The Kier molecular flexibility index (Phi) is 4.15. The third-order valence-electron chi connectivity index (χ3n) is 4.26. The van der Waals surface area contributed by atoms with E-state index in [-0.39, 0.29) is 5.84 Å². The first-order chi connectivity index (χ1) is 12.7. The summed E-state index contributed by atoms with van der Waals surface area (Å²) in [6, 6.07) is 25.7. The number of amidine groups is 1. The van der Waals surface area contributed by atoms with Crippen molar-refractivity contribution in [2.45, 2.75) is 6.42 Å². The number of benzene rings is 3. The molecule has 0 amide bonds. The smallest absolute Gasteiger partial charge is 0.127 e. The van der Waals surface area contributed by atoms with Crippen LogP contribution in [0.5, 0.6) is 11.5 Å². The molecule has 0 spiro atoms. The lowest BCUT2D eigenvalue weighted by Crippen LogP contribution is -2.10. The molecule has 0 aliphatic rings. The summed E-state index contributed by atoms with van der Waals surface area (Å²) in [4.78, 5) is 3.43. The van der Waals surface area contributed by atoms with Gasteiger partial charge in [-0.15, -0.1) is 0 Å². The number of aromatic nitrogens is 1. The topological polar surface area (TPSA) is 74.9 Å². The van der Waals surface area contributed by atoms with Gasteiger partial charge in [-0.2, -0.15) is 0 Å². The van der Waals surface area contributed by atoms with Crippen LogP contribution >= 0.6 is 0 Å². The summed E-state index contributed by atoms with van der Waals surface area (Å²) in [5, 5.41) is 8.63. The maximum atomic E-state index is 7.57. The summed E-state index contributed by atoms with van der Waals surface area (Å²) < 4.78 is 5.91. The third kappa shape index (κ3) is 3.44. The number of aromatic amines is 1. The lowest BCUT2D eigenvalue weighted by molar-refractivity contribution is 0.482. The van der Waals surface area contributed by atoms with Crippen molar-refractivity contribution in [1.29, 1.82) is 5.41 Å². The van der Waals surface area contributed by atoms with E-state index >= 15 is 0 Å². The Labute approximate surface area is 151 Å². The predicted molar refractivity (Wildman–Crippen MR) is 105 cm³/mol. The van der Waals surface area contributed by atoms with Crippen LogP contribution in [0.15, 0.2) is 78.9 Å². The number of fused-ring (bicyclic) bond motifs is 1. The third-order valence-corrected chi connectivity index (χ3v) is 4.26. The number of nitrogens with one attached hydrogen (secondary N) is 2. The Morgan fingerprint density at radius 1 is 0.885 bits per heavy atom. The Morgan fingerprint density at radius 3 is 2.50 bits per heavy atom. The SMILES string of the molecule is N=C(N)c1ccc2[nH]c(Cc3cccc(Oc4ccccc4)c3)cc2c1. The predicted octanol–water partition coefficient (Wildman–Crippen LogP) is 4.84. The molecule has 0 unspecified atom stereocenters. The lowest BCUT2D eigenvalue weighted by atomic mass is 10.1. The molecule has 1 heterocycles. The van der Waals surface area contributed by atoms with Gasteiger partial charge in [-0.3, -0.25) is 5.41 Å². The average Bonchev–Trinajstić information content (AvgIpc) is 3.04. The Balaban J connectivity index is 1.56. The first-order valence-electron chi connectivity index (χ1n) is 8.45. The number of H-pyrrole nitrogens is 1. The van der Waals surface area contributed by atoms with Gasteiger partial charge < -0.3 is 15.5 Å². The van der Waals surface area contributed by atoms with E-state index in [0.29, 0.717) is 0 Å². The molecule has 0 atom stereocenters. The van der Waals surface area contributed by atoms with Gasteiger partial charge in [0.05, 0.1) is 0 Å². The second-order valence-corrected chi connectivity index (χ2v) is 6.25. The molecule has 0 bridgehead atoms. The molecular weight excluding hydrogens is 322 g/mol. The zero-order chi connectivity index (χ0) is 17.9. The van der Waals surface area contributed by atoms with Crippen LogP contribution < -0.4 is 10.5 Å². The van der Waals surface area contributed by atoms with Gasteiger partial charge in [-0.25, -0.2) is 0 Å². The zero-order valence-electron chi connectivity index (χ0n) is 14.2. The molecule has 4 rings (SSSR count). The summed E-state index contributed by atoms with van der Waals surface area (Å²) >= 11 is 0. The number of para-hydroxylation sites is 1. The van der Waals surface area contributed by atoms with E-state index in [2.05, 4.69) is 23.2 Å². The molecular formula is C22H19N3O. The summed E-state index contributed by atoms with van der Waals surface area (Å²) in [6.07, 6.45) is 0.774. The van der Waals surface area contributed by atoms with Gasteiger partial charge in [-0.1, -0.05) is 30.3 Å². The van der Waals surface area contributed by atoms with Crippen LogP contribution in [0, 0.1) is 5.41 Å². The van der Waals surface area contributed by atoms with Gasteiger partial charge in [0, 0.05) is 28.6 Å². The van der Waals surface area contributed by atoms with E-state index in [1.165, 1.54) is 0 Å². The maximum absolute atomic E-state index is 7.57. The minimum atomic E-state index is 0.0837. The van der Waals surface area contributed by atoms with Gasteiger partial charge in [0.2, 0.25) is 0 Å². The molecule has 128 valence electrons. The molecule has 0 fully saturated rings. The number of hydrogen-bond donors (Lipinski definition) is 3. The fraction of sp³-hybridized carbons (Fsp3) is 0.0455. The monoisotopic (exact) mass is 341 g/mol. The second kappa shape index (κ2) is 6.76. The summed E-state index contributed by atoms with van der Waals surface area (Å²) in [5.41, 5.74) is 9.63. The second-order valence-electron chi connectivity index (χ2n) is 6.25. The van der Waals surface area contributed by atoms with E-state index in [1.807, 2.05) is 60.7 Å². The van der Waals surface area contributed by atoms with Gasteiger partial charge in [-0.05, 0) is 54.1 Å². The Hall–Kier alpha value is -3.53. The van der Waals surface area contributed by atoms with Crippen LogP contribution in [0.1, 0.15) is 16.8 Å². The molecule has 1 aromatic heterocycles. The quantitative estimate of drug-likeness (QED) is 0.359. The summed E-state index contributed by atoms with van der Waals surface area (Å²) in [6.45, 7) is 0. The molecule has 4 aromatic rings. The maximum Gasteiger partial charge on any atom is 0.127 e. The van der Waals surface area contributed by atoms with E-state index in [9.17, 15) is 0 Å². The number of hydrogen-bond acceptors (Lipinski definition) is 2. The van der Waals surface area contributed by atoms with Gasteiger partial charge >= 0.3 is 0 Å². The van der Waals surface area contributed by atoms with Crippen molar-refractivity contribution in [2.24, 2.45) is 5.73 Å². The van der Waals surface area contributed by atoms with Crippen molar-refractivity contribution < 1.29 is 4.74 Å². The molecule has 3 aromatic carbocycles. The minimum absolute atomic E-state index is 0.0837. The molecule has 4 nitrogen and oxygen atoms in total. The highest BCUT2D eigenvalue weighted by atomic mass is 16.5. The zero-order valence-corrected chi connectivity index (χ0v) is 14.2. The fourth-order valence-electron chi connectivity index (χ4n) is 3.02. The largest absolute Gasteiger partial charge is 0.457 e. The molecule has 4 heteroatoms. The number of ether oxygens (including phenoxy) is 1. The van der Waals surface area contributed by atoms with E-state index in [4.69, 9.17) is 15.9 Å². The van der Waals surface area contributed by atoms with Crippen molar-refractivity contribution >= 4 is 16.7 Å². The van der Waals surface area contributed by atoms with Gasteiger partial charge in [0.1, 0.15) is 17.3 Å². The standard InChI is InChI=1S/C22H19N3O/c23-22(24)16-9-10-21-17(13-16)14-18(25-21)11-15-5-4-8-20(12-15)26-19-6-2-1-3-7-19/h1-10,12-14,25H,11H2,(H3,23,24). The van der Waals surface area contributed by atoms with Crippen LogP contribution in [0.3, 0.4) is 0 Å². The van der Waals surface area contributed by atoms with E-state index < -0.39 is 0 Å². The van der Waals surface area contributed by atoms with Crippen LogP contribution in [0.4, 0.5) is 0 Å². The summed E-state index contributed by atoms with van der Waals surface area (Å²) in [7, 11) is 0. The fourth-order valence-corrected chi connectivity index (χ4v) is 3.02. The molecule has 0 saturated carbocycles. The van der Waals surface area contributed by atoms with Crippen molar-refractivity contribution in [3.8, 4) is 11.5 Å². The Morgan fingerprint density at radius 2 is 1.69 bits per heavy atom. The van der Waals surface area contributed by atoms with Gasteiger partial charge in [0.15, 0.2) is 0 Å². The van der Waals surface area contributed by atoms with Crippen molar-refractivity contribution in [1.82, 2.24) is 4.98 Å². The molecule has 4 N–H and O–H groups in total. The van der Waals surface area contributed by atoms with Crippen LogP contribution in [0.2, 0.25) is 0 Å². The normalized spacial score (nSPS) is 10.8. The summed E-state index contributed by atoms with van der Waals surface area (Å²) in [5.74, 6) is 1.73. The highest BCUT2D eigenvalue weighted by Gasteiger charge is 2.06. The highest BCUT2D eigenvalue weighted by molar-refractivity contribution is 5.98. The molecule has 0 radical (unpaired) electrons. The Bertz CT molecular complexity index is 1070. The molecule has 0 aliphatic heterocycles. The van der Waals surface area contributed by atoms with Crippen molar-refractivity contribution in [3.63, 3.8) is 0 Å². The van der Waals surface area contributed by atoms with Crippen LogP contribution in [-0.2, 0) is 6.42 Å². The molecule has 26 heavy (non-hydrogen) atoms. The van der Waals surface area contributed by atoms with Crippen molar-refractivity contribution in [2.75, 3.05) is 0 Å². The van der Waals surface area contributed by atoms with Crippen molar-refractivity contribution in [3.05, 3.63) is 95.7 Å². The van der Waals surface area contributed by atoms with Gasteiger partial charge in [0.25, 0.3) is 0 Å². The number of rotatable bonds is 5. The minimum Gasteiger partial charge on any atom is -0.457 e. The van der Waals surface area contributed by atoms with E-state index in [1.54, 1.807) is 0 Å². The molecule has 0 saturated heterocycles. The average molecular weight is 341 g/mol. The van der Waals surface area contributed by atoms with E-state index in [0.717, 1.165) is 45.6 Å². The van der Waals surface area contributed by atoms with Crippen LogP contribution in [-0.4, -0.2) is 10.8 Å². The van der Waals surface area contributed by atoms with Crippen LogP contribution in [0.25, 0.3) is 10.9 Å².